The lowest BCUT2D eigenvalue weighted by atomic mass is 9.70. The molecule has 0 saturated heterocycles. The summed E-state index contributed by atoms with van der Waals surface area (Å²) in [5, 5.41) is 2.24. The Morgan fingerprint density at radius 2 is 0.610 bits per heavy atom. The van der Waals surface area contributed by atoms with Gasteiger partial charge in [-0.1, -0.05) is 237 Å². The first-order valence-electron chi connectivity index (χ1n) is 28.2. The Hall–Kier alpha value is -10.7. The molecule has 0 aliphatic heterocycles. The lowest BCUT2D eigenvalue weighted by molar-refractivity contribution is 0.669. The molecule has 384 valence electrons. The molecule has 16 rings (SSSR count). The summed E-state index contributed by atoms with van der Waals surface area (Å²) in [6.45, 7) is 0. The highest BCUT2D eigenvalue weighted by Gasteiger charge is 2.53. The maximum absolute atomic E-state index is 7.06. The van der Waals surface area contributed by atoms with Crippen LogP contribution in [0.3, 0.4) is 0 Å². The molecule has 82 heavy (non-hydrogen) atoms. The first-order valence-corrected chi connectivity index (χ1v) is 28.2. The van der Waals surface area contributed by atoms with Crippen LogP contribution in [0.2, 0.25) is 0 Å². The molecule has 1 spiro atoms. The van der Waals surface area contributed by atoms with Gasteiger partial charge in [0.1, 0.15) is 11.2 Å². The zero-order valence-corrected chi connectivity index (χ0v) is 44.8. The van der Waals surface area contributed by atoms with E-state index in [-0.39, 0.29) is 0 Å². The van der Waals surface area contributed by atoms with Crippen LogP contribution in [-0.2, 0) is 5.41 Å². The summed E-state index contributed by atoms with van der Waals surface area (Å²) in [5.41, 5.74) is 26.4. The highest BCUT2D eigenvalue weighted by molar-refractivity contribution is 6.13. The van der Waals surface area contributed by atoms with Gasteiger partial charge in [0.05, 0.1) is 5.41 Å². The molecule has 0 fully saturated rings. The van der Waals surface area contributed by atoms with Gasteiger partial charge in [-0.25, -0.2) is 0 Å². The summed E-state index contributed by atoms with van der Waals surface area (Å²) in [5.74, 6) is 0. The zero-order chi connectivity index (χ0) is 54.1. The average molecular weight is 1050 g/mol. The molecule has 0 bridgehead atoms. The van der Waals surface area contributed by atoms with Gasteiger partial charge in [0.25, 0.3) is 0 Å². The van der Waals surface area contributed by atoms with Crippen LogP contribution in [0.1, 0.15) is 22.3 Å². The number of para-hydroxylation sites is 1. The van der Waals surface area contributed by atoms with Gasteiger partial charge in [0.2, 0.25) is 0 Å². The van der Waals surface area contributed by atoms with Crippen LogP contribution in [0.5, 0.6) is 0 Å². The molecule has 0 atom stereocenters. The van der Waals surface area contributed by atoms with Gasteiger partial charge in [-0.2, -0.15) is 0 Å². The third-order valence-corrected chi connectivity index (χ3v) is 17.0. The van der Waals surface area contributed by atoms with E-state index >= 15 is 0 Å². The molecule has 3 heteroatoms. The molecule has 0 radical (unpaired) electrons. The second kappa shape index (κ2) is 19.3. The van der Waals surface area contributed by atoms with E-state index in [1.807, 2.05) is 0 Å². The SMILES string of the molecule is c1ccc(-c2cccc(N(c3cccc(-c4ccccc4)c3)c3ccc4c(c3)C3(c5cc(N(c6cccc(-c7ccccc7)c6)c6cccc(-c7ccccc7)c6)ccc5-4)c4ccccc4-c4c3ccc3c4oc4ccccc43)c2)cc1. The number of furan rings is 1. The number of anilines is 6. The summed E-state index contributed by atoms with van der Waals surface area (Å²) in [6.07, 6.45) is 0. The number of benzene rings is 13. The van der Waals surface area contributed by atoms with Gasteiger partial charge in [0, 0.05) is 50.5 Å². The molecule has 0 unspecified atom stereocenters. The number of hydrogen-bond acceptors (Lipinski definition) is 3. The van der Waals surface area contributed by atoms with Gasteiger partial charge < -0.3 is 14.2 Å². The Morgan fingerprint density at radius 1 is 0.232 bits per heavy atom. The first-order chi connectivity index (χ1) is 40.7. The number of fused-ring (bicyclic) bond motifs is 14. The monoisotopic (exact) mass is 1040 g/mol. The standard InChI is InChI=1S/C79H52N2O/c1-5-21-53(22-6-1)57-29-17-33-61(47-57)80(62-34-18-30-58(48-62)54-23-7-2-8-24-54)65-41-43-67-68-44-42-66(81(63-35-19-31-59(49-63)55-25-9-3-10-26-55)64-36-20-32-60(50-64)56-27-11-4-12-28-56)52-75(68)79(74(67)51-65)72-39-15-13-38-71(72)77-73(79)46-45-70-69-37-14-16-40-76(69)82-78(70)77/h1-52H. The summed E-state index contributed by atoms with van der Waals surface area (Å²) in [6, 6.07) is 115. The smallest absolute Gasteiger partial charge is 0.143 e. The molecule has 0 saturated carbocycles. The predicted molar refractivity (Wildman–Crippen MR) is 341 cm³/mol. The minimum absolute atomic E-state index is 0.761. The third kappa shape index (κ3) is 7.59. The summed E-state index contributed by atoms with van der Waals surface area (Å²) in [7, 11) is 0. The van der Waals surface area contributed by atoms with Crippen LogP contribution in [0.25, 0.3) is 88.7 Å². The van der Waals surface area contributed by atoms with Crippen LogP contribution < -0.4 is 9.80 Å². The van der Waals surface area contributed by atoms with Crippen LogP contribution in [-0.4, -0.2) is 0 Å². The normalized spacial score (nSPS) is 12.5. The lowest BCUT2D eigenvalue weighted by Gasteiger charge is -2.33. The lowest BCUT2D eigenvalue weighted by Crippen LogP contribution is -2.26. The van der Waals surface area contributed by atoms with Gasteiger partial charge in [0.15, 0.2) is 0 Å². The molecule has 2 aliphatic carbocycles. The third-order valence-electron chi connectivity index (χ3n) is 17.0. The minimum atomic E-state index is -0.761. The van der Waals surface area contributed by atoms with Gasteiger partial charge in [-0.05, 0) is 162 Å². The van der Waals surface area contributed by atoms with Crippen LogP contribution >= 0.6 is 0 Å². The molecule has 1 heterocycles. The van der Waals surface area contributed by atoms with E-state index in [4.69, 9.17) is 4.42 Å². The van der Waals surface area contributed by atoms with Crippen molar-refractivity contribution in [3.8, 4) is 66.8 Å². The van der Waals surface area contributed by atoms with Crippen molar-refractivity contribution in [3.63, 3.8) is 0 Å². The van der Waals surface area contributed by atoms with E-state index in [1.165, 1.54) is 61.2 Å². The van der Waals surface area contributed by atoms with E-state index in [0.717, 1.165) is 83.9 Å². The van der Waals surface area contributed by atoms with Crippen LogP contribution in [0.4, 0.5) is 34.1 Å². The molecule has 13 aromatic carbocycles. The Balaban J connectivity index is 0.961. The minimum Gasteiger partial charge on any atom is -0.455 e. The van der Waals surface area contributed by atoms with Crippen LogP contribution in [0.15, 0.2) is 320 Å². The second-order valence-electron chi connectivity index (χ2n) is 21.6. The first kappa shape index (κ1) is 47.3. The molecule has 0 amide bonds. The highest BCUT2D eigenvalue weighted by Crippen LogP contribution is 2.65. The van der Waals surface area contributed by atoms with Crippen molar-refractivity contribution in [3.05, 3.63) is 338 Å². The van der Waals surface area contributed by atoms with Crippen molar-refractivity contribution < 1.29 is 4.42 Å². The van der Waals surface area contributed by atoms with Crippen molar-refractivity contribution in [1.29, 1.82) is 0 Å². The second-order valence-corrected chi connectivity index (χ2v) is 21.6. The molecule has 1 aromatic heterocycles. The van der Waals surface area contributed by atoms with E-state index in [2.05, 4.69) is 325 Å². The molecular weight excluding hydrogens is 993 g/mol. The van der Waals surface area contributed by atoms with E-state index < -0.39 is 5.41 Å². The number of nitrogens with zero attached hydrogens (tertiary/aromatic N) is 2. The molecule has 3 nitrogen and oxygen atoms in total. The van der Waals surface area contributed by atoms with E-state index in [0.29, 0.717) is 0 Å². The zero-order valence-electron chi connectivity index (χ0n) is 44.8. The quantitative estimate of drug-likeness (QED) is 0.136. The van der Waals surface area contributed by atoms with Gasteiger partial charge in [-0.15, -0.1) is 0 Å². The largest absolute Gasteiger partial charge is 0.455 e. The topological polar surface area (TPSA) is 19.6 Å². The van der Waals surface area contributed by atoms with Crippen LogP contribution in [0, 0.1) is 0 Å². The fourth-order valence-corrected chi connectivity index (χ4v) is 13.4. The van der Waals surface area contributed by atoms with Gasteiger partial charge in [-0.3, -0.25) is 0 Å². The van der Waals surface area contributed by atoms with Crippen molar-refractivity contribution in [2.24, 2.45) is 0 Å². The molecule has 2 aliphatic rings. The van der Waals surface area contributed by atoms with E-state index in [9.17, 15) is 0 Å². The molecule has 14 aromatic rings. The molecule has 0 N–H and O–H groups in total. The van der Waals surface area contributed by atoms with E-state index in [1.54, 1.807) is 0 Å². The van der Waals surface area contributed by atoms with Crippen molar-refractivity contribution in [2.45, 2.75) is 5.41 Å². The van der Waals surface area contributed by atoms with Crippen molar-refractivity contribution >= 4 is 56.1 Å². The average Bonchev–Trinajstić information content (AvgIpc) is 4.06. The number of hydrogen-bond donors (Lipinski definition) is 0. The summed E-state index contributed by atoms with van der Waals surface area (Å²) >= 11 is 0. The fraction of sp³-hybridized carbons (Fsp3) is 0.0127. The van der Waals surface area contributed by atoms with Crippen molar-refractivity contribution in [2.75, 3.05) is 9.80 Å². The predicted octanol–water partition coefficient (Wildman–Crippen LogP) is 21.5. The Labute approximate surface area is 477 Å². The molecular formula is C79H52N2O. The highest BCUT2D eigenvalue weighted by atomic mass is 16.3. The maximum Gasteiger partial charge on any atom is 0.143 e. The Kier molecular flexibility index (Phi) is 11.1. The maximum atomic E-state index is 7.06. The summed E-state index contributed by atoms with van der Waals surface area (Å²) in [4.78, 5) is 4.90. The fourth-order valence-electron chi connectivity index (χ4n) is 13.4. The number of rotatable bonds is 10. The Morgan fingerprint density at radius 3 is 1.06 bits per heavy atom. The summed E-state index contributed by atoms with van der Waals surface area (Å²) < 4.78 is 7.06. The Bertz CT molecular complexity index is 4370. The van der Waals surface area contributed by atoms with Crippen molar-refractivity contribution in [1.82, 2.24) is 0 Å². The van der Waals surface area contributed by atoms with Gasteiger partial charge >= 0.3 is 0 Å².